The Bertz CT molecular complexity index is 1420. The van der Waals surface area contributed by atoms with Crippen molar-refractivity contribution in [1.29, 1.82) is 0 Å². The number of halogens is 1. The van der Waals surface area contributed by atoms with Crippen LogP contribution < -0.4 is 14.8 Å². The largest absolute Gasteiger partial charge is 0.484 e. The lowest BCUT2D eigenvalue weighted by molar-refractivity contribution is -0.142. The SMILES string of the molecule is C[C@@H](C(=O)NCCN1CCOCC1)N(Cc1ccccc1)C(=O)COc1ccc(S(=O)(=O)Nc2ccc(F)cc2)cc1. The Morgan fingerprint density at radius 1 is 1.00 bits per heavy atom. The summed E-state index contributed by atoms with van der Waals surface area (Å²) in [6.07, 6.45) is 0. The van der Waals surface area contributed by atoms with E-state index in [9.17, 15) is 22.4 Å². The molecule has 0 aliphatic carbocycles. The van der Waals surface area contributed by atoms with Crippen molar-refractivity contribution in [3.05, 3.63) is 90.2 Å². The molecule has 2 N–H and O–H groups in total. The van der Waals surface area contributed by atoms with Gasteiger partial charge in [0, 0.05) is 38.4 Å². The van der Waals surface area contributed by atoms with Crippen LogP contribution in [0.2, 0.25) is 0 Å². The highest BCUT2D eigenvalue weighted by Crippen LogP contribution is 2.20. The molecule has 1 aliphatic rings. The molecule has 0 bridgehead atoms. The standard InChI is InChI=1S/C30H35FN4O6S/c1-23(30(37)32-15-16-34-17-19-40-20-18-34)35(21-24-5-3-2-4-6-24)29(36)22-41-27-11-13-28(14-12-27)42(38,39)33-26-9-7-25(31)8-10-26/h2-14,23,33H,15-22H2,1H3,(H,32,37)/t23-/m0/s1. The van der Waals surface area contributed by atoms with Gasteiger partial charge in [-0.15, -0.1) is 0 Å². The van der Waals surface area contributed by atoms with E-state index >= 15 is 0 Å². The third kappa shape index (κ3) is 9.00. The van der Waals surface area contributed by atoms with Crippen LogP contribution in [0.1, 0.15) is 12.5 Å². The first-order valence-electron chi connectivity index (χ1n) is 13.6. The Balaban J connectivity index is 1.36. The molecule has 4 rings (SSSR count). The molecule has 0 saturated carbocycles. The summed E-state index contributed by atoms with van der Waals surface area (Å²) in [6, 6.07) is 19.1. The minimum absolute atomic E-state index is 0.0291. The average Bonchev–Trinajstić information content (AvgIpc) is 3.00. The highest BCUT2D eigenvalue weighted by molar-refractivity contribution is 7.92. The zero-order chi connectivity index (χ0) is 30.0. The molecule has 0 aromatic heterocycles. The fourth-order valence-corrected chi connectivity index (χ4v) is 5.41. The van der Waals surface area contributed by atoms with E-state index in [-0.39, 0.29) is 35.4 Å². The summed E-state index contributed by atoms with van der Waals surface area (Å²) >= 11 is 0. The van der Waals surface area contributed by atoms with E-state index in [4.69, 9.17) is 9.47 Å². The zero-order valence-corrected chi connectivity index (χ0v) is 24.2. The number of nitrogens with one attached hydrogen (secondary N) is 2. The van der Waals surface area contributed by atoms with Crippen molar-refractivity contribution < 1.29 is 31.9 Å². The lowest BCUT2D eigenvalue weighted by Crippen LogP contribution is -2.50. The second-order valence-electron chi connectivity index (χ2n) is 9.80. The average molecular weight is 599 g/mol. The Morgan fingerprint density at radius 3 is 2.33 bits per heavy atom. The Labute approximate surface area is 245 Å². The molecule has 1 atom stereocenters. The maximum Gasteiger partial charge on any atom is 0.261 e. The minimum Gasteiger partial charge on any atom is -0.484 e. The van der Waals surface area contributed by atoms with Crippen LogP contribution in [-0.2, 0) is 30.9 Å². The number of ether oxygens (including phenoxy) is 2. The summed E-state index contributed by atoms with van der Waals surface area (Å²) in [5, 5.41) is 2.93. The van der Waals surface area contributed by atoms with Gasteiger partial charge in [0.1, 0.15) is 17.6 Å². The highest BCUT2D eigenvalue weighted by atomic mass is 32.2. The minimum atomic E-state index is -3.91. The van der Waals surface area contributed by atoms with Crippen molar-refractivity contribution >= 4 is 27.5 Å². The van der Waals surface area contributed by atoms with Gasteiger partial charge in [-0.05, 0) is 61.0 Å². The van der Waals surface area contributed by atoms with Crippen molar-refractivity contribution in [3.8, 4) is 5.75 Å². The van der Waals surface area contributed by atoms with Crippen molar-refractivity contribution in [1.82, 2.24) is 15.1 Å². The van der Waals surface area contributed by atoms with Crippen LogP contribution in [-0.4, -0.2) is 82.1 Å². The van der Waals surface area contributed by atoms with E-state index in [2.05, 4.69) is 14.9 Å². The predicted molar refractivity (Wildman–Crippen MR) is 156 cm³/mol. The van der Waals surface area contributed by atoms with Crippen molar-refractivity contribution in [2.75, 3.05) is 50.7 Å². The zero-order valence-electron chi connectivity index (χ0n) is 23.4. The maximum absolute atomic E-state index is 13.3. The summed E-state index contributed by atoms with van der Waals surface area (Å²) in [5.41, 5.74) is 1.09. The van der Waals surface area contributed by atoms with E-state index in [1.807, 2.05) is 30.3 Å². The maximum atomic E-state index is 13.3. The topological polar surface area (TPSA) is 117 Å². The Kier molecular flexibility index (Phi) is 10.9. The first-order chi connectivity index (χ1) is 20.2. The quantitative estimate of drug-likeness (QED) is 0.311. The molecule has 0 radical (unpaired) electrons. The summed E-state index contributed by atoms with van der Waals surface area (Å²) in [6.45, 7) is 5.69. The van der Waals surface area contributed by atoms with Crippen LogP contribution in [0, 0.1) is 5.82 Å². The first kappa shape index (κ1) is 30.9. The van der Waals surface area contributed by atoms with Crippen LogP contribution in [0.15, 0.2) is 83.8 Å². The second-order valence-corrected chi connectivity index (χ2v) is 11.5. The van der Waals surface area contributed by atoms with Gasteiger partial charge in [0.25, 0.3) is 15.9 Å². The highest BCUT2D eigenvalue weighted by Gasteiger charge is 2.27. The number of hydrogen-bond donors (Lipinski definition) is 2. The van der Waals surface area contributed by atoms with E-state index in [0.29, 0.717) is 26.3 Å². The monoisotopic (exact) mass is 598 g/mol. The van der Waals surface area contributed by atoms with Gasteiger partial charge in [-0.2, -0.15) is 0 Å². The predicted octanol–water partition coefficient (Wildman–Crippen LogP) is 2.87. The van der Waals surface area contributed by atoms with E-state index < -0.39 is 27.8 Å². The molecule has 12 heteroatoms. The molecule has 3 aromatic rings. The Morgan fingerprint density at radius 2 is 1.67 bits per heavy atom. The van der Waals surface area contributed by atoms with E-state index in [1.54, 1.807) is 6.92 Å². The molecule has 1 aliphatic heterocycles. The summed E-state index contributed by atoms with van der Waals surface area (Å²) in [4.78, 5) is 30.0. The molecule has 2 amide bonds. The number of carbonyl (C=O) groups is 2. The second kappa shape index (κ2) is 14.8. The molecule has 3 aromatic carbocycles. The molecule has 10 nitrogen and oxygen atoms in total. The normalized spacial score (nSPS) is 14.5. The number of rotatable bonds is 13. The van der Waals surface area contributed by atoms with Crippen LogP contribution in [0.3, 0.4) is 0 Å². The molecule has 42 heavy (non-hydrogen) atoms. The van der Waals surface area contributed by atoms with Gasteiger partial charge in [0.15, 0.2) is 6.61 Å². The van der Waals surface area contributed by atoms with Crippen LogP contribution in [0.25, 0.3) is 0 Å². The van der Waals surface area contributed by atoms with Crippen molar-refractivity contribution in [2.45, 2.75) is 24.4 Å². The van der Waals surface area contributed by atoms with Gasteiger partial charge >= 0.3 is 0 Å². The van der Waals surface area contributed by atoms with Crippen LogP contribution in [0.4, 0.5) is 10.1 Å². The van der Waals surface area contributed by atoms with Crippen LogP contribution in [0.5, 0.6) is 5.75 Å². The fraction of sp³-hybridized carbons (Fsp3) is 0.333. The van der Waals surface area contributed by atoms with Crippen molar-refractivity contribution in [3.63, 3.8) is 0 Å². The summed E-state index contributed by atoms with van der Waals surface area (Å²) in [7, 11) is -3.91. The lowest BCUT2D eigenvalue weighted by Gasteiger charge is -2.30. The molecular formula is C30H35FN4O6S. The molecule has 0 unspecified atom stereocenters. The molecular weight excluding hydrogens is 563 g/mol. The molecule has 1 saturated heterocycles. The molecule has 224 valence electrons. The number of amides is 2. The van der Waals surface area contributed by atoms with E-state index in [0.717, 1.165) is 30.8 Å². The third-order valence-electron chi connectivity index (χ3n) is 6.79. The smallest absolute Gasteiger partial charge is 0.261 e. The first-order valence-corrected chi connectivity index (χ1v) is 15.1. The number of sulfonamides is 1. The molecule has 0 spiro atoms. The van der Waals surface area contributed by atoms with E-state index in [1.165, 1.54) is 41.3 Å². The van der Waals surface area contributed by atoms with Gasteiger partial charge < -0.3 is 19.7 Å². The molecule has 1 fully saturated rings. The van der Waals surface area contributed by atoms with Gasteiger partial charge in [0.05, 0.1) is 18.1 Å². The third-order valence-corrected chi connectivity index (χ3v) is 8.18. The van der Waals surface area contributed by atoms with Crippen molar-refractivity contribution in [2.24, 2.45) is 0 Å². The fourth-order valence-electron chi connectivity index (χ4n) is 4.35. The number of carbonyl (C=O) groups excluding carboxylic acids is 2. The van der Waals surface area contributed by atoms with Gasteiger partial charge in [-0.25, -0.2) is 12.8 Å². The Hall–Kier alpha value is -4.00. The van der Waals surface area contributed by atoms with Crippen LogP contribution >= 0.6 is 0 Å². The molecule has 1 heterocycles. The number of morpholine rings is 1. The number of benzene rings is 3. The number of nitrogens with zero attached hydrogens (tertiary/aromatic N) is 2. The van der Waals surface area contributed by atoms with Gasteiger partial charge in [-0.3, -0.25) is 19.2 Å². The number of hydrogen-bond acceptors (Lipinski definition) is 7. The van der Waals surface area contributed by atoms with Gasteiger partial charge in [-0.1, -0.05) is 30.3 Å². The summed E-state index contributed by atoms with van der Waals surface area (Å²) < 4.78 is 51.9. The van der Waals surface area contributed by atoms with Gasteiger partial charge in [0.2, 0.25) is 5.91 Å². The number of anilines is 1. The lowest BCUT2D eigenvalue weighted by atomic mass is 10.1. The summed E-state index contributed by atoms with van der Waals surface area (Å²) in [5.74, 6) is -0.860.